The zero-order valence-electron chi connectivity index (χ0n) is 9.38. The van der Waals surface area contributed by atoms with Crippen LogP contribution in [0.3, 0.4) is 0 Å². The van der Waals surface area contributed by atoms with Crippen LogP contribution in [0.1, 0.15) is 27.2 Å². The van der Waals surface area contributed by atoms with Crippen molar-refractivity contribution in [2.24, 2.45) is 5.92 Å². The van der Waals surface area contributed by atoms with Crippen molar-refractivity contribution in [3.05, 3.63) is 11.6 Å². The normalized spacial score (nSPS) is 11.7. The quantitative estimate of drug-likeness (QED) is 0.324. The molecule has 0 aliphatic rings. The summed E-state index contributed by atoms with van der Waals surface area (Å²) in [5.74, 6) is -1.23. The Labute approximate surface area is 99.0 Å². The minimum absolute atomic E-state index is 0.146. The molecule has 0 N–H and O–H groups in total. The lowest BCUT2D eigenvalue weighted by atomic mass is 10.0. The second-order valence-corrected chi connectivity index (χ2v) is 4.33. The summed E-state index contributed by atoms with van der Waals surface area (Å²) < 4.78 is 4.91. The van der Waals surface area contributed by atoms with Gasteiger partial charge in [0.1, 0.15) is 18.3 Å². The number of hydrogen-bond acceptors (Lipinski definition) is 3. The van der Waals surface area contributed by atoms with E-state index in [1.54, 1.807) is 0 Å². The molecule has 1 unspecified atom stereocenters. The van der Waals surface area contributed by atoms with Crippen LogP contribution >= 0.6 is 15.9 Å². The summed E-state index contributed by atoms with van der Waals surface area (Å²) in [5.41, 5.74) is 1.09. The van der Waals surface area contributed by atoms with E-state index in [4.69, 9.17) is 4.74 Å². The number of ether oxygens (including phenoxy) is 1. The maximum atomic E-state index is 11.5. The van der Waals surface area contributed by atoms with E-state index in [0.29, 0.717) is 18.4 Å². The van der Waals surface area contributed by atoms with E-state index < -0.39 is 11.9 Å². The number of esters is 1. The average Bonchev–Trinajstić information content (AvgIpc) is 2.13. The third-order valence-electron chi connectivity index (χ3n) is 1.86. The van der Waals surface area contributed by atoms with E-state index in [2.05, 4.69) is 15.9 Å². The van der Waals surface area contributed by atoms with Crippen molar-refractivity contribution < 1.29 is 14.3 Å². The summed E-state index contributed by atoms with van der Waals surface area (Å²) in [5, 5.41) is 0.589. The summed E-state index contributed by atoms with van der Waals surface area (Å²) in [4.78, 5) is 22.7. The first kappa shape index (κ1) is 14.4. The molecule has 0 rings (SSSR count). The fraction of sp³-hybridized carbons (Fsp3) is 0.636. The second-order valence-electron chi connectivity index (χ2n) is 3.54. The summed E-state index contributed by atoms with van der Waals surface area (Å²) in [6.07, 6.45) is 2.31. The molecule has 0 aromatic rings. The fourth-order valence-electron chi connectivity index (χ4n) is 1.02. The van der Waals surface area contributed by atoms with Crippen molar-refractivity contribution >= 4 is 27.7 Å². The molecule has 4 heteroatoms. The van der Waals surface area contributed by atoms with E-state index in [9.17, 15) is 9.59 Å². The SMILES string of the molecule is CC(=O)C(CC=C(C)C)C(=O)OCCBr. The Bertz CT molecular complexity index is 255. The molecule has 0 spiro atoms. The summed E-state index contributed by atoms with van der Waals surface area (Å²) in [6, 6.07) is 0. The summed E-state index contributed by atoms with van der Waals surface area (Å²) in [7, 11) is 0. The third kappa shape index (κ3) is 6.44. The molecule has 0 amide bonds. The lowest BCUT2D eigenvalue weighted by molar-refractivity contribution is -0.150. The Kier molecular flexibility index (Phi) is 7.30. The van der Waals surface area contributed by atoms with Crippen molar-refractivity contribution in [1.29, 1.82) is 0 Å². The Balaban J connectivity index is 4.32. The summed E-state index contributed by atoms with van der Waals surface area (Å²) in [6.45, 7) is 5.58. The average molecular weight is 277 g/mol. The van der Waals surface area contributed by atoms with Gasteiger partial charge in [-0.15, -0.1) is 0 Å². The van der Waals surface area contributed by atoms with Gasteiger partial charge in [0.15, 0.2) is 0 Å². The van der Waals surface area contributed by atoms with Crippen LogP contribution in [0.5, 0.6) is 0 Å². The minimum atomic E-state index is -0.654. The molecule has 0 aliphatic carbocycles. The van der Waals surface area contributed by atoms with Crippen LogP contribution in [0.25, 0.3) is 0 Å². The van der Waals surface area contributed by atoms with Gasteiger partial charge in [-0.1, -0.05) is 27.6 Å². The number of carbonyl (C=O) groups is 2. The monoisotopic (exact) mass is 276 g/mol. The molecule has 86 valence electrons. The number of rotatable bonds is 6. The predicted octanol–water partition coefficient (Wildman–Crippen LogP) is 2.49. The molecular formula is C11H17BrO3. The molecule has 3 nitrogen and oxygen atoms in total. The van der Waals surface area contributed by atoms with Crippen molar-refractivity contribution in [1.82, 2.24) is 0 Å². The van der Waals surface area contributed by atoms with Crippen molar-refractivity contribution in [3.63, 3.8) is 0 Å². The van der Waals surface area contributed by atoms with Gasteiger partial charge in [-0.25, -0.2) is 0 Å². The first-order valence-electron chi connectivity index (χ1n) is 4.85. The largest absolute Gasteiger partial charge is 0.464 e. The van der Waals surface area contributed by atoms with Crippen LogP contribution in [-0.2, 0) is 14.3 Å². The Hall–Kier alpha value is -0.640. The van der Waals surface area contributed by atoms with Crippen LogP contribution in [-0.4, -0.2) is 23.7 Å². The molecule has 0 aromatic heterocycles. The number of alkyl halides is 1. The summed E-state index contributed by atoms with van der Waals surface area (Å²) >= 11 is 3.15. The number of allylic oxidation sites excluding steroid dienone is 2. The molecule has 0 bridgehead atoms. The number of ketones is 1. The first-order chi connectivity index (χ1) is 6.99. The molecule has 0 heterocycles. The highest BCUT2D eigenvalue weighted by atomic mass is 79.9. The molecule has 0 fully saturated rings. The van der Waals surface area contributed by atoms with Crippen LogP contribution < -0.4 is 0 Å². The smallest absolute Gasteiger partial charge is 0.316 e. The van der Waals surface area contributed by atoms with Crippen molar-refractivity contribution in [3.8, 4) is 0 Å². The molecule has 0 aliphatic heterocycles. The van der Waals surface area contributed by atoms with Crippen molar-refractivity contribution in [2.45, 2.75) is 27.2 Å². The highest BCUT2D eigenvalue weighted by Gasteiger charge is 2.23. The van der Waals surface area contributed by atoms with E-state index in [0.717, 1.165) is 5.57 Å². The van der Waals surface area contributed by atoms with Crippen molar-refractivity contribution in [2.75, 3.05) is 11.9 Å². The molecule has 15 heavy (non-hydrogen) atoms. The number of carbonyl (C=O) groups excluding carboxylic acids is 2. The number of hydrogen-bond donors (Lipinski definition) is 0. The Morgan fingerprint density at radius 2 is 1.93 bits per heavy atom. The van der Waals surface area contributed by atoms with E-state index in [-0.39, 0.29) is 5.78 Å². The van der Waals surface area contributed by atoms with Gasteiger partial charge in [0.25, 0.3) is 0 Å². The number of halogens is 1. The van der Waals surface area contributed by atoms with Gasteiger partial charge in [-0.3, -0.25) is 9.59 Å². The number of Topliss-reactive ketones (excluding diaryl/α,β-unsaturated/α-hetero) is 1. The Morgan fingerprint density at radius 1 is 1.33 bits per heavy atom. The van der Waals surface area contributed by atoms with Gasteiger partial charge in [0, 0.05) is 5.33 Å². The molecule has 0 saturated carbocycles. The fourth-order valence-corrected chi connectivity index (χ4v) is 1.18. The van der Waals surface area contributed by atoms with Crippen LogP contribution in [0.4, 0.5) is 0 Å². The molecule has 0 saturated heterocycles. The standard InChI is InChI=1S/C11H17BrO3/c1-8(2)4-5-10(9(3)13)11(14)15-7-6-12/h4,10H,5-7H2,1-3H3. The lowest BCUT2D eigenvalue weighted by Gasteiger charge is -2.10. The van der Waals surface area contributed by atoms with E-state index >= 15 is 0 Å². The van der Waals surface area contributed by atoms with Crippen LogP contribution in [0.2, 0.25) is 0 Å². The van der Waals surface area contributed by atoms with Gasteiger partial charge in [-0.05, 0) is 27.2 Å². The molecular weight excluding hydrogens is 260 g/mol. The minimum Gasteiger partial charge on any atom is -0.464 e. The van der Waals surface area contributed by atoms with E-state index in [1.807, 2.05) is 19.9 Å². The third-order valence-corrected chi connectivity index (χ3v) is 2.18. The Morgan fingerprint density at radius 3 is 2.33 bits per heavy atom. The second kappa shape index (κ2) is 7.63. The van der Waals surface area contributed by atoms with E-state index in [1.165, 1.54) is 6.92 Å². The molecule has 0 aromatic carbocycles. The van der Waals surface area contributed by atoms with Gasteiger partial charge in [0.2, 0.25) is 0 Å². The lowest BCUT2D eigenvalue weighted by Crippen LogP contribution is -2.24. The predicted molar refractivity (Wildman–Crippen MR) is 63.0 cm³/mol. The van der Waals surface area contributed by atoms with Gasteiger partial charge < -0.3 is 4.74 Å². The molecule has 0 radical (unpaired) electrons. The highest BCUT2D eigenvalue weighted by molar-refractivity contribution is 9.09. The zero-order valence-corrected chi connectivity index (χ0v) is 11.0. The van der Waals surface area contributed by atoms with Gasteiger partial charge >= 0.3 is 5.97 Å². The van der Waals surface area contributed by atoms with Gasteiger partial charge in [0.05, 0.1) is 0 Å². The van der Waals surface area contributed by atoms with Crippen LogP contribution in [0, 0.1) is 5.92 Å². The maximum absolute atomic E-state index is 11.5. The van der Waals surface area contributed by atoms with Crippen LogP contribution in [0.15, 0.2) is 11.6 Å². The topological polar surface area (TPSA) is 43.4 Å². The molecule has 1 atom stereocenters. The maximum Gasteiger partial charge on any atom is 0.316 e. The zero-order chi connectivity index (χ0) is 11.8. The highest BCUT2D eigenvalue weighted by Crippen LogP contribution is 2.10. The van der Waals surface area contributed by atoms with Gasteiger partial charge in [-0.2, -0.15) is 0 Å². The first-order valence-corrected chi connectivity index (χ1v) is 5.97.